The molecular weight excluding hydrogens is 301 g/mol. The second-order valence-corrected chi connectivity index (χ2v) is 5.75. The minimum absolute atomic E-state index is 0.336. The number of benzene rings is 1. The maximum Gasteiger partial charge on any atom is 0.188 e. The lowest BCUT2D eigenvalue weighted by Gasteiger charge is -2.06. The van der Waals surface area contributed by atoms with E-state index in [0.29, 0.717) is 17.0 Å². The van der Waals surface area contributed by atoms with Crippen molar-refractivity contribution in [2.45, 2.75) is 6.42 Å². The molecule has 0 aliphatic rings. The Kier molecular flexibility index (Phi) is 4.53. The summed E-state index contributed by atoms with van der Waals surface area (Å²) < 4.78 is 15.5. The van der Waals surface area contributed by atoms with Gasteiger partial charge in [-0.05, 0) is 42.7 Å². The lowest BCUT2D eigenvalue weighted by atomic mass is 10.2. The van der Waals surface area contributed by atoms with Crippen LogP contribution in [0, 0.1) is 5.82 Å². The van der Waals surface area contributed by atoms with Crippen LogP contribution in [0.4, 0.5) is 10.2 Å². The largest absolute Gasteiger partial charge is 0.369 e. The number of aromatic nitrogens is 4. The van der Waals surface area contributed by atoms with Gasteiger partial charge in [0.25, 0.3) is 0 Å². The topological polar surface area (TPSA) is 55.1 Å². The molecule has 3 rings (SSSR count). The molecule has 1 aromatic carbocycles. The second-order valence-electron chi connectivity index (χ2n) is 4.77. The van der Waals surface area contributed by atoms with Gasteiger partial charge in [0.2, 0.25) is 0 Å². The van der Waals surface area contributed by atoms with Crippen LogP contribution in [0.1, 0.15) is 6.42 Å². The highest BCUT2D eigenvalue weighted by atomic mass is 32.2. The molecule has 0 fully saturated rings. The van der Waals surface area contributed by atoms with Gasteiger partial charge in [-0.15, -0.1) is 15.3 Å². The third-order valence-electron chi connectivity index (χ3n) is 3.21. The molecule has 2 aromatic heterocycles. The highest BCUT2D eigenvalue weighted by Gasteiger charge is 2.13. The molecule has 22 heavy (non-hydrogen) atoms. The van der Waals surface area contributed by atoms with Gasteiger partial charge < -0.3 is 5.32 Å². The molecule has 0 atom stereocenters. The Bertz CT molecular complexity index is 773. The van der Waals surface area contributed by atoms with Crippen molar-refractivity contribution in [2.75, 3.05) is 23.9 Å². The molecule has 0 spiro atoms. The molecule has 2 heterocycles. The Morgan fingerprint density at radius 1 is 1.18 bits per heavy atom. The Morgan fingerprint density at radius 3 is 2.86 bits per heavy atom. The van der Waals surface area contributed by atoms with E-state index in [9.17, 15) is 4.39 Å². The fourth-order valence-electron chi connectivity index (χ4n) is 2.13. The molecule has 1 N–H and O–H groups in total. The van der Waals surface area contributed by atoms with Gasteiger partial charge in [0.15, 0.2) is 11.5 Å². The van der Waals surface area contributed by atoms with E-state index in [0.717, 1.165) is 24.5 Å². The van der Waals surface area contributed by atoms with E-state index >= 15 is 0 Å². The lowest BCUT2D eigenvalue weighted by molar-refractivity contribution is 0.629. The van der Waals surface area contributed by atoms with Crippen molar-refractivity contribution in [3.05, 3.63) is 42.2 Å². The Balaban J connectivity index is 1.90. The molecule has 0 aliphatic carbocycles. The maximum atomic E-state index is 13.9. The van der Waals surface area contributed by atoms with Gasteiger partial charge in [0, 0.05) is 6.54 Å². The summed E-state index contributed by atoms with van der Waals surface area (Å²) in [7, 11) is 0. The summed E-state index contributed by atoms with van der Waals surface area (Å²) in [6.07, 6.45) is 3.14. The number of anilines is 1. The van der Waals surface area contributed by atoms with Crippen LogP contribution in [0.25, 0.3) is 17.0 Å². The first-order valence-electron chi connectivity index (χ1n) is 7.00. The Morgan fingerprint density at radius 2 is 2.05 bits per heavy atom. The number of halogens is 1. The predicted octanol–water partition coefficient (Wildman–Crippen LogP) is 3.10. The van der Waals surface area contributed by atoms with E-state index in [4.69, 9.17) is 0 Å². The van der Waals surface area contributed by atoms with Gasteiger partial charge >= 0.3 is 0 Å². The molecule has 0 unspecified atom stereocenters. The van der Waals surface area contributed by atoms with Gasteiger partial charge in [-0.3, -0.25) is 0 Å². The van der Waals surface area contributed by atoms with E-state index in [2.05, 4.69) is 26.9 Å². The molecule has 114 valence electrons. The average molecular weight is 317 g/mol. The highest BCUT2D eigenvalue weighted by Crippen LogP contribution is 2.21. The van der Waals surface area contributed by atoms with Gasteiger partial charge in [0.1, 0.15) is 11.6 Å². The van der Waals surface area contributed by atoms with Gasteiger partial charge in [-0.1, -0.05) is 12.1 Å². The minimum atomic E-state index is -0.336. The van der Waals surface area contributed by atoms with Crippen LogP contribution in [0.2, 0.25) is 0 Å². The van der Waals surface area contributed by atoms with Gasteiger partial charge in [-0.25, -0.2) is 4.39 Å². The summed E-state index contributed by atoms with van der Waals surface area (Å²) in [5.41, 5.74) is 0.981. The minimum Gasteiger partial charge on any atom is -0.369 e. The summed E-state index contributed by atoms with van der Waals surface area (Å²) >= 11 is 1.81. The van der Waals surface area contributed by atoms with Crippen LogP contribution in [0.15, 0.2) is 36.4 Å². The van der Waals surface area contributed by atoms with Crippen molar-refractivity contribution in [2.24, 2.45) is 0 Å². The average Bonchev–Trinajstić information content (AvgIpc) is 2.95. The number of hydrogen-bond acceptors (Lipinski definition) is 5. The first kappa shape index (κ1) is 14.8. The van der Waals surface area contributed by atoms with Crippen molar-refractivity contribution in [3.8, 4) is 11.4 Å². The zero-order valence-electron chi connectivity index (χ0n) is 12.2. The number of fused-ring (bicyclic) bond motifs is 1. The molecule has 5 nitrogen and oxygen atoms in total. The summed E-state index contributed by atoms with van der Waals surface area (Å²) in [5, 5.41) is 15.8. The monoisotopic (exact) mass is 317 g/mol. The summed E-state index contributed by atoms with van der Waals surface area (Å²) in [4.78, 5) is 0. The quantitative estimate of drug-likeness (QED) is 0.708. The van der Waals surface area contributed by atoms with E-state index in [-0.39, 0.29) is 5.82 Å². The number of hydrogen-bond donors (Lipinski definition) is 1. The Hall–Kier alpha value is -2.15. The standard InChI is InChI=1S/C15H16FN5S/c1-22-10-4-9-17-13-7-8-14-18-19-15(21(14)20-13)11-5-2-3-6-12(11)16/h2-3,5-8H,4,9-10H2,1H3,(H,17,20). The van der Waals surface area contributed by atoms with Crippen LogP contribution >= 0.6 is 11.8 Å². The van der Waals surface area contributed by atoms with Crippen LogP contribution in [0.3, 0.4) is 0 Å². The fourth-order valence-corrected chi connectivity index (χ4v) is 2.56. The van der Waals surface area contributed by atoms with Crippen molar-refractivity contribution < 1.29 is 4.39 Å². The van der Waals surface area contributed by atoms with E-state index in [1.807, 2.05) is 23.9 Å². The zero-order chi connectivity index (χ0) is 15.4. The van der Waals surface area contributed by atoms with Crippen molar-refractivity contribution in [1.29, 1.82) is 0 Å². The second kappa shape index (κ2) is 6.74. The van der Waals surface area contributed by atoms with Crippen molar-refractivity contribution in [3.63, 3.8) is 0 Å². The summed E-state index contributed by atoms with van der Waals surface area (Å²) in [5.74, 6) is 1.89. The third-order valence-corrected chi connectivity index (χ3v) is 3.91. The van der Waals surface area contributed by atoms with Crippen LogP contribution < -0.4 is 5.32 Å². The van der Waals surface area contributed by atoms with Crippen LogP contribution in [-0.2, 0) is 0 Å². The first-order chi connectivity index (χ1) is 10.8. The molecular formula is C15H16FN5S. The summed E-state index contributed by atoms with van der Waals surface area (Å²) in [6.45, 7) is 0.844. The van der Waals surface area contributed by atoms with Crippen LogP contribution in [0.5, 0.6) is 0 Å². The van der Waals surface area contributed by atoms with Crippen molar-refractivity contribution >= 4 is 23.2 Å². The van der Waals surface area contributed by atoms with E-state index in [1.165, 1.54) is 6.07 Å². The molecule has 0 radical (unpaired) electrons. The lowest BCUT2D eigenvalue weighted by Crippen LogP contribution is -2.07. The highest BCUT2D eigenvalue weighted by molar-refractivity contribution is 7.98. The normalized spacial score (nSPS) is 11.0. The first-order valence-corrected chi connectivity index (χ1v) is 8.39. The van der Waals surface area contributed by atoms with Crippen molar-refractivity contribution in [1.82, 2.24) is 19.8 Å². The number of nitrogens with one attached hydrogen (secondary N) is 1. The maximum absolute atomic E-state index is 13.9. The number of rotatable bonds is 6. The summed E-state index contributed by atoms with van der Waals surface area (Å²) in [6, 6.07) is 10.2. The molecule has 3 aromatic rings. The molecule has 0 amide bonds. The molecule has 0 saturated carbocycles. The van der Waals surface area contributed by atoms with E-state index < -0.39 is 0 Å². The number of thioether (sulfide) groups is 1. The van der Waals surface area contributed by atoms with Gasteiger partial charge in [0.05, 0.1) is 5.56 Å². The third kappa shape index (κ3) is 3.04. The molecule has 0 saturated heterocycles. The Labute approximate surface area is 132 Å². The van der Waals surface area contributed by atoms with Crippen LogP contribution in [-0.4, -0.2) is 38.4 Å². The SMILES string of the molecule is CSCCCNc1ccc2nnc(-c3ccccc3F)n2n1. The van der Waals surface area contributed by atoms with E-state index in [1.54, 1.807) is 22.7 Å². The molecule has 0 bridgehead atoms. The predicted molar refractivity (Wildman–Crippen MR) is 87.7 cm³/mol. The molecule has 7 heteroatoms. The zero-order valence-corrected chi connectivity index (χ0v) is 13.0. The fraction of sp³-hybridized carbons (Fsp3) is 0.267. The smallest absolute Gasteiger partial charge is 0.188 e. The van der Waals surface area contributed by atoms with Gasteiger partial charge in [-0.2, -0.15) is 16.3 Å². The molecule has 0 aliphatic heterocycles. The number of nitrogens with zero attached hydrogens (tertiary/aromatic N) is 4.